The lowest BCUT2D eigenvalue weighted by Gasteiger charge is -2.31. The third-order valence-corrected chi connectivity index (χ3v) is 6.22. The summed E-state index contributed by atoms with van der Waals surface area (Å²) in [5.74, 6) is 2.85. The van der Waals surface area contributed by atoms with Gasteiger partial charge in [0.25, 0.3) is 5.56 Å². The molecule has 0 atom stereocenters. The van der Waals surface area contributed by atoms with E-state index in [1.165, 1.54) is 5.56 Å². The maximum absolute atomic E-state index is 12.2. The van der Waals surface area contributed by atoms with Gasteiger partial charge in [0.15, 0.2) is 0 Å². The predicted molar refractivity (Wildman–Crippen MR) is 107 cm³/mol. The Bertz CT molecular complexity index is 800. The molecule has 2 aliphatic rings. The third kappa shape index (κ3) is 3.83. The SMILES string of the molecule is CCN1CCC(Oc2ccc3[nH]c(=O)c4c(c3c2)CCSC4)CC1.Cl. The van der Waals surface area contributed by atoms with Crippen LogP contribution in [-0.2, 0) is 12.2 Å². The van der Waals surface area contributed by atoms with E-state index in [4.69, 9.17) is 4.74 Å². The fourth-order valence-electron chi connectivity index (χ4n) is 3.78. The molecule has 1 fully saturated rings. The molecule has 6 heteroatoms. The van der Waals surface area contributed by atoms with Crippen LogP contribution in [0.15, 0.2) is 23.0 Å². The highest BCUT2D eigenvalue weighted by Gasteiger charge is 2.21. The highest BCUT2D eigenvalue weighted by molar-refractivity contribution is 7.98. The van der Waals surface area contributed by atoms with Crippen LogP contribution < -0.4 is 10.3 Å². The molecule has 1 saturated heterocycles. The molecule has 0 amide bonds. The maximum atomic E-state index is 12.2. The molecule has 2 aliphatic heterocycles. The smallest absolute Gasteiger partial charge is 0.252 e. The Morgan fingerprint density at radius 1 is 1.28 bits per heavy atom. The van der Waals surface area contributed by atoms with Crippen molar-refractivity contribution in [2.24, 2.45) is 0 Å². The number of pyridine rings is 1. The number of nitrogens with zero attached hydrogens (tertiary/aromatic N) is 1. The van der Waals surface area contributed by atoms with Gasteiger partial charge in [-0.3, -0.25) is 4.79 Å². The lowest BCUT2D eigenvalue weighted by Crippen LogP contribution is -2.37. The molecule has 0 bridgehead atoms. The summed E-state index contributed by atoms with van der Waals surface area (Å²) in [6.07, 6.45) is 3.46. The minimum absolute atomic E-state index is 0. The normalized spacial score (nSPS) is 18.6. The van der Waals surface area contributed by atoms with Crippen molar-refractivity contribution in [2.75, 3.05) is 25.4 Å². The van der Waals surface area contributed by atoms with E-state index < -0.39 is 0 Å². The van der Waals surface area contributed by atoms with Crippen LogP contribution in [0.3, 0.4) is 0 Å². The zero-order chi connectivity index (χ0) is 16.5. The summed E-state index contributed by atoms with van der Waals surface area (Å²) < 4.78 is 6.25. The summed E-state index contributed by atoms with van der Waals surface area (Å²) in [6.45, 7) is 5.58. The Labute approximate surface area is 158 Å². The molecule has 136 valence electrons. The number of fused-ring (bicyclic) bond motifs is 3. The Morgan fingerprint density at radius 2 is 2.08 bits per heavy atom. The first kappa shape index (κ1) is 18.6. The van der Waals surface area contributed by atoms with E-state index in [1.807, 2.05) is 23.9 Å². The number of likely N-dealkylation sites (tertiary alicyclic amines) is 1. The van der Waals surface area contributed by atoms with Crippen molar-refractivity contribution in [3.05, 3.63) is 39.7 Å². The molecule has 25 heavy (non-hydrogen) atoms. The first-order chi connectivity index (χ1) is 11.7. The Morgan fingerprint density at radius 3 is 2.84 bits per heavy atom. The minimum atomic E-state index is 0. The topological polar surface area (TPSA) is 45.3 Å². The van der Waals surface area contributed by atoms with Crippen LogP contribution in [0.25, 0.3) is 10.9 Å². The van der Waals surface area contributed by atoms with Crippen molar-refractivity contribution in [2.45, 2.75) is 38.0 Å². The Kier molecular flexibility index (Phi) is 5.97. The van der Waals surface area contributed by atoms with Gasteiger partial charge < -0.3 is 14.6 Å². The largest absolute Gasteiger partial charge is 0.490 e. The van der Waals surface area contributed by atoms with E-state index in [1.54, 1.807) is 0 Å². The summed E-state index contributed by atoms with van der Waals surface area (Å²) in [4.78, 5) is 17.7. The van der Waals surface area contributed by atoms with Crippen LogP contribution >= 0.6 is 24.2 Å². The molecule has 4 nitrogen and oxygen atoms in total. The number of aromatic nitrogens is 1. The van der Waals surface area contributed by atoms with Crippen molar-refractivity contribution in [1.29, 1.82) is 0 Å². The van der Waals surface area contributed by atoms with Crippen LogP contribution in [-0.4, -0.2) is 41.4 Å². The highest BCUT2D eigenvalue weighted by Crippen LogP contribution is 2.30. The van der Waals surface area contributed by atoms with Crippen LogP contribution in [0.4, 0.5) is 0 Å². The average molecular weight is 381 g/mol. The molecular weight excluding hydrogens is 356 g/mol. The van der Waals surface area contributed by atoms with Gasteiger partial charge in [0.05, 0.1) is 0 Å². The molecule has 0 spiro atoms. The summed E-state index contributed by atoms with van der Waals surface area (Å²) in [5.41, 5.74) is 3.18. The fraction of sp³-hybridized carbons (Fsp3) is 0.526. The van der Waals surface area contributed by atoms with Gasteiger partial charge in [0, 0.05) is 35.3 Å². The van der Waals surface area contributed by atoms with Crippen LogP contribution in [0.2, 0.25) is 0 Å². The third-order valence-electron chi connectivity index (χ3n) is 5.23. The minimum Gasteiger partial charge on any atom is -0.490 e. The lowest BCUT2D eigenvalue weighted by atomic mass is 10.0. The van der Waals surface area contributed by atoms with E-state index >= 15 is 0 Å². The monoisotopic (exact) mass is 380 g/mol. The number of piperidine rings is 1. The summed E-state index contributed by atoms with van der Waals surface area (Å²) in [5, 5.41) is 1.16. The number of benzene rings is 1. The fourth-order valence-corrected chi connectivity index (χ4v) is 4.78. The van der Waals surface area contributed by atoms with E-state index in [9.17, 15) is 4.79 Å². The standard InChI is InChI=1S/C19H24N2O2S.ClH/c1-2-21-8-5-13(6-9-21)23-14-3-4-18-16(11-14)15-7-10-24-12-17(15)19(22)20-18;/h3-4,11,13H,2,5-10,12H2,1H3,(H,20,22);1H. The number of aryl methyl sites for hydroxylation is 1. The van der Waals surface area contributed by atoms with Crippen LogP contribution in [0.1, 0.15) is 30.9 Å². The molecule has 4 rings (SSSR count). The van der Waals surface area contributed by atoms with Crippen molar-refractivity contribution in [3.63, 3.8) is 0 Å². The number of rotatable bonds is 3. The van der Waals surface area contributed by atoms with Gasteiger partial charge in [-0.1, -0.05) is 6.92 Å². The van der Waals surface area contributed by atoms with Gasteiger partial charge in [-0.05, 0) is 55.3 Å². The van der Waals surface area contributed by atoms with E-state index in [0.29, 0.717) is 6.10 Å². The zero-order valence-electron chi connectivity index (χ0n) is 14.5. The number of halogens is 1. The lowest BCUT2D eigenvalue weighted by molar-refractivity contribution is 0.104. The predicted octanol–water partition coefficient (Wildman–Crippen LogP) is 3.60. The summed E-state index contributed by atoms with van der Waals surface area (Å²) in [6, 6.07) is 6.12. The number of H-pyrrole nitrogens is 1. The second-order valence-electron chi connectivity index (χ2n) is 6.67. The first-order valence-electron chi connectivity index (χ1n) is 8.89. The van der Waals surface area contributed by atoms with Gasteiger partial charge in [-0.2, -0.15) is 11.8 Å². The van der Waals surface area contributed by atoms with Crippen molar-refractivity contribution < 1.29 is 4.74 Å². The van der Waals surface area contributed by atoms with Gasteiger partial charge in [0.2, 0.25) is 0 Å². The molecule has 1 aromatic carbocycles. The molecule has 1 N–H and O–H groups in total. The molecular formula is C19H25ClN2O2S. The van der Waals surface area contributed by atoms with Gasteiger partial charge in [0.1, 0.15) is 11.9 Å². The summed E-state index contributed by atoms with van der Waals surface area (Å²) in [7, 11) is 0. The quantitative estimate of drug-likeness (QED) is 0.883. The van der Waals surface area contributed by atoms with Crippen LogP contribution in [0, 0.1) is 0 Å². The average Bonchev–Trinajstić information content (AvgIpc) is 2.63. The zero-order valence-corrected chi connectivity index (χ0v) is 16.2. The number of hydrogen-bond acceptors (Lipinski definition) is 4. The highest BCUT2D eigenvalue weighted by atomic mass is 35.5. The Balaban J connectivity index is 0.00000182. The van der Waals surface area contributed by atoms with E-state index in [-0.39, 0.29) is 18.0 Å². The van der Waals surface area contributed by atoms with Crippen molar-refractivity contribution >= 4 is 35.1 Å². The number of thioether (sulfide) groups is 1. The molecule has 0 aliphatic carbocycles. The van der Waals surface area contributed by atoms with Gasteiger partial charge in [-0.15, -0.1) is 12.4 Å². The number of hydrogen-bond donors (Lipinski definition) is 1. The second-order valence-corrected chi connectivity index (χ2v) is 7.78. The number of aromatic amines is 1. The maximum Gasteiger partial charge on any atom is 0.252 e. The molecule has 3 heterocycles. The van der Waals surface area contributed by atoms with E-state index in [2.05, 4.69) is 22.9 Å². The van der Waals surface area contributed by atoms with Crippen molar-refractivity contribution in [3.8, 4) is 5.75 Å². The van der Waals surface area contributed by atoms with Gasteiger partial charge in [-0.25, -0.2) is 0 Å². The summed E-state index contributed by atoms with van der Waals surface area (Å²) >= 11 is 1.84. The van der Waals surface area contributed by atoms with Crippen LogP contribution in [0.5, 0.6) is 5.75 Å². The molecule has 2 aromatic rings. The number of ether oxygens (including phenoxy) is 1. The molecule has 0 saturated carbocycles. The van der Waals surface area contributed by atoms with Crippen molar-refractivity contribution in [1.82, 2.24) is 9.88 Å². The molecule has 1 aromatic heterocycles. The molecule has 0 radical (unpaired) electrons. The number of nitrogens with one attached hydrogen (secondary N) is 1. The van der Waals surface area contributed by atoms with Gasteiger partial charge >= 0.3 is 0 Å². The second kappa shape index (κ2) is 8.02. The first-order valence-corrected chi connectivity index (χ1v) is 10.0. The Hall–Kier alpha value is -1.17. The van der Waals surface area contributed by atoms with E-state index in [0.717, 1.165) is 72.6 Å². The molecule has 0 unspecified atom stereocenters.